The summed E-state index contributed by atoms with van der Waals surface area (Å²) >= 11 is 0. The van der Waals surface area contributed by atoms with Gasteiger partial charge in [-0.25, -0.2) is 8.78 Å². The summed E-state index contributed by atoms with van der Waals surface area (Å²) in [6.45, 7) is 4.62. The number of benzene rings is 1. The maximum Gasteiger partial charge on any atom is 0.261 e. The number of aromatic amines is 1. The molecule has 1 amide bonds. The van der Waals surface area contributed by atoms with Crippen LogP contribution in [0.15, 0.2) is 35.1 Å². The zero-order valence-corrected chi connectivity index (χ0v) is 12.3. The smallest absolute Gasteiger partial charge is 0.261 e. The van der Waals surface area contributed by atoms with Crippen molar-refractivity contribution in [3.63, 3.8) is 0 Å². The number of halogens is 2. The predicted octanol–water partition coefficient (Wildman–Crippen LogP) is 2.80. The fourth-order valence-electron chi connectivity index (χ4n) is 2.20. The van der Waals surface area contributed by atoms with Gasteiger partial charge in [-0.15, -0.1) is 0 Å². The van der Waals surface area contributed by atoms with E-state index in [2.05, 4.69) is 4.98 Å². The van der Waals surface area contributed by atoms with E-state index >= 15 is 0 Å². The van der Waals surface area contributed by atoms with Crippen LogP contribution < -0.4 is 5.56 Å². The topological polar surface area (TPSA) is 53.2 Å². The van der Waals surface area contributed by atoms with Crippen LogP contribution in [0.2, 0.25) is 0 Å². The van der Waals surface area contributed by atoms with E-state index in [9.17, 15) is 18.4 Å². The van der Waals surface area contributed by atoms with Crippen LogP contribution in [0.1, 0.15) is 24.2 Å². The van der Waals surface area contributed by atoms with Crippen molar-refractivity contribution in [2.24, 2.45) is 0 Å². The molecule has 0 aliphatic heterocycles. The Morgan fingerprint density at radius 2 is 1.68 bits per heavy atom. The van der Waals surface area contributed by atoms with Crippen LogP contribution in [0.4, 0.5) is 8.78 Å². The molecular formula is C16H16F2N2O2. The van der Waals surface area contributed by atoms with E-state index in [1.54, 1.807) is 0 Å². The van der Waals surface area contributed by atoms with Gasteiger partial charge >= 0.3 is 0 Å². The molecule has 4 nitrogen and oxygen atoms in total. The van der Waals surface area contributed by atoms with Crippen molar-refractivity contribution in [1.82, 2.24) is 9.88 Å². The van der Waals surface area contributed by atoms with Gasteiger partial charge in [-0.2, -0.15) is 0 Å². The number of H-pyrrole nitrogens is 1. The quantitative estimate of drug-likeness (QED) is 0.944. The van der Waals surface area contributed by atoms with Gasteiger partial charge in [0.15, 0.2) is 0 Å². The zero-order valence-electron chi connectivity index (χ0n) is 12.3. The lowest BCUT2D eigenvalue weighted by atomic mass is 10.1. The summed E-state index contributed by atoms with van der Waals surface area (Å²) in [5.41, 5.74) is -0.126. The highest BCUT2D eigenvalue weighted by molar-refractivity contribution is 5.94. The monoisotopic (exact) mass is 306 g/mol. The molecule has 2 rings (SSSR count). The molecular weight excluding hydrogens is 290 g/mol. The first-order valence-electron chi connectivity index (χ1n) is 6.95. The van der Waals surface area contributed by atoms with Crippen LogP contribution in [-0.2, 0) is 0 Å². The molecule has 0 atom stereocenters. The summed E-state index contributed by atoms with van der Waals surface area (Å²) in [5.74, 6) is -1.85. The van der Waals surface area contributed by atoms with Gasteiger partial charge in [-0.05, 0) is 38.1 Å². The standard InChI is InChI=1S/C16H16F2N2O2/c1-3-20(4-2)16(22)13-5-6-14(19-15(13)21)10-7-11(17)9-12(18)8-10/h5-9H,3-4H2,1-2H3,(H,19,21). The van der Waals surface area contributed by atoms with E-state index in [1.807, 2.05) is 13.8 Å². The Balaban J connectivity index is 2.42. The lowest BCUT2D eigenvalue weighted by Crippen LogP contribution is -2.34. The third-order valence-corrected chi connectivity index (χ3v) is 3.36. The molecule has 116 valence electrons. The highest BCUT2D eigenvalue weighted by Crippen LogP contribution is 2.19. The minimum absolute atomic E-state index is 0.00400. The van der Waals surface area contributed by atoms with Crippen molar-refractivity contribution >= 4 is 5.91 Å². The molecule has 0 fully saturated rings. The lowest BCUT2D eigenvalue weighted by Gasteiger charge is -2.18. The molecule has 6 heteroatoms. The summed E-state index contributed by atoms with van der Waals surface area (Å²) in [7, 11) is 0. The van der Waals surface area contributed by atoms with E-state index in [1.165, 1.54) is 17.0 Å². The molecule has 2 aromatic rings. The molecule has 1 aromatic heterocycles. The van der Waals surface area contributed by atoms with Crippen molar-refractivity contribution in [3.8, 4) is 11.3 Å². The van der Waals surface area contributed by atoms with Gasteiger partial charge in [0.05, 0.1) is 0 Å². The molecule has 0 saturated carbocycles. The Morgan fingerprint density at radius 3 is 2.18 bits per heavy atom. The second kappa shape index (κ2) is 6.51. The summed E-state index contributed by atoms with van der Waals surface area (Å²) in [5, 5.41) is 0. The van der Waals surface area contributed by atoms with E-state index < -0.39 is 17.2 Å². The number of amides is 1. The highest BCUT2D eigenvalue weighted by Gasteiger charge is 2.16. The van der Waals surface area contributed by atoms with Gasteiger partial charge in [0.25, 0.3) is 11.5 Å². The zero-order chi connectivity index (χ0) is 16.3. The van der Waals surface area contributed by atoms with E-state index in [-0.39, 0.29) is 22.7 Å². The second-order valence-electron chi connectivity index (χ2n) is 4.75. The van der Waals surface area contributed by atoms with Crippen molar-refractivity contribution in [3.05, 3.63) is 57.9 Å². The Hall–Kier alpha value is -2.50. The Kier molecular flexibility index (Phi) is 4.70. The average Bonchev–Trinajstić information content (AvgIpc) is 2.47. The summed E-state index contributed by atoms with van der Waals surface area (Å²) in [4.78, 5) is 28.3. The first-order chi connectivity index (χ1) is 10.5. The fraction of sp³-hybridized carbons (Fsp3) is 0.250. The summed E-state index contributed by atoms with van der Waals surface area (Å²) in [6, 6.07) is 5.81. The number of hydrogen-bond donors (Lipinski definition) is 1. The van der Waals surface area contributed by atoms with Gasteiger partial charge in [0.1, 0.15) is 17.2 Å². The molecule has 0 saturated heterocycles. The van der Waals surface area contributed by atoms with Gasteiger partial charge < -0.3 is 9.88 Å². The van der Waals surface area contributed by atoms with Gasteiger partial charge in [-0.1, -0.05) is 0 Å². The normalized spacial score (nSPS) is 10.5. The van der Waals surface area contributed by atoms with E-state index in [0.29, 0.717) is 13.1 Å². The Bertz CT molecular complexity index is 732. The molecule has 0 aliphatic carbocycles. The van der Waals surface area contributed by atoms with Crippen LogP contribution in [0.5, 0.6) is 0 Å². The third kappa shape index (κ3) is 3.21. The van der Waals surface area contributed by atoms with Crippen LogP contribution in [0.3, 0.4) is 0 Å². The van der Waals surface area contributed by atoms with Crippen LogP contribution in [-0.4, -0.2) is 28.9 Å². The van der Waals surface area contributed by atoms with Crippen molar-refractivity contribution in [2.45, 2.75) is 13.8 Å². The molecule has 1 N–H and O–H groups in total. The number of pyridine rings is 1. The van der Waals surface area contributed by atoms with Crippen molar-refractivity contribution in [1.29, 1.82) is 0 Å². The van der Waals surface area contributed by atoms with E-state index in [4.69, 9.17) is 0 Å². The summed E-state index contributed by atoms with van der Waals surface area (Å²) in [6.07, 6.45) is 0. The number of rotatable bonds is 4. The molecule has 0 aliphatic rings. The predicted molar refractivity (Wildman–Crippen MR) is 79.7 cm³/mol. The Morgan fingerprint density at radius 1 is 1.09 bits per heavy atom. The minimum Gasteiger partial charge on any atom is -0.339 e. The maximum atomic E-state index is 13.2. The average molecular weight is 306 g/mol. The largest absolute Gasteiger partial charge is 0.339 e. The third-order valence-electron chi connectivity index (χ3n) is 3.36. The SMILES string of the molecule is CCN(CC)C(=O)c1ccc(-c2cc(F)cc(F)c2)[nH]c1=O. The number of nitrogens with zero attached hydrogens (tertiary/aromatic N) is 1. The second-order valence-corrected chi connectivity index (χ2v) is 4.75. The first-order valence-corrected chi connectivity index (χ1v) is 6.95. The minimum atomic E-state index is -0.737. The van der Waals surface area contributed by atoms with Crippen LogP contribution in [0, 0.1) is 11.6 Å². The number of nitrogens with one attached hydrogen (secondary N) is 1. The molecule has 22 heavy (non-hydrogen) atoms. The number of aromatic nitrogens is 1. The van der Waals surface area contributed by atoms with Crippen LogP contribution >= 0.6 is 0 Å². The van der Waals surface area contributed by atoms with Crippen molar-refractivity contribution < 1.29 is 13.6 Å². The summed E-state index contributed by atoms with van der Waals surface area (Å²) < 4.78 is 26.5. The maximum absolute atomic E-state index is 13.2. The van der Waals surface area contributed by atoms with Gasteiger partial charge in [0.2, 0.25) is 0 Å². The van der Waals surface area contributed by atoms with Crippen LogP contribution in [0.25, 0.3) is 11.3 Å². The first kappa shape index (κ1) is 15.9. The molecule has 0 radical (unpaired) electrons. The highest BCUT2D eigenvalue weighted by atomic mass is 19.1. The molecule has 1 heterocycles. The fourth-order valence-corrected chi connectivity index (χ4v) is 2.20. The number of carbonyl (C=O) groups excluding carboxylic acids is 1. The van der Waals surface area contributed by atoms with E-state index in [0.717, 1.165) is 18.2 Å². The molecule has 1 aromatic carbocycles. The van der Waals surface area contributed by atoms with Gasteiger partial charge in [0, 0.05) is 30.4 Å². The molecule has 0 spiro atoms. The number of carbonyl (C=O) groups is 1. The number of hydrogen-bond acceptors (Lipinski definition) is 2. The lowest BCUT2D eigenvalue weighted by molar-refractivity contribution is 0.0771. The van der Waals surface area contributed by atoms with Crippen molar-refractivity contribution in [2.75, 3.05) is 13.1 Å². The molecule has 0 unspecified atom stereocenters. The molecule has 0 bridgehead atoms. The van der Waals surface area contributed by atoms with Gasteiger partial charge in [-0.3, -0.25) is 9.59 Å². The Labute approximate surface area is 126 Å².